The number of benzene rings is 6. The zero-order valence-corrected chi connectivity index (χ0v) is 66.1. The van der Waals surface area contributed by atoms with Crippen LogP contribution in [0.1, 0.15) is 6.42 Å². The zero-order valence-electron chi connectivity index (χ0n) is 49.2. The number of rotatable bonds is 22. The van der Waals surface area contributed by atoms with Crippen molar-refractivity contribution in [2.45, 2.75) is 35.8 Å². The van der Waals surface area contributed by atoms with E-state index in [1.165, 1.54) is 0 Å². The fraction of sp³-hybridized carbons (Fsp3) is 0.0698. The summed E-state index contributed by atoms with van der Waals surface area (Å²) in [5, 5.41) is 46.5. The van der Waals surface area contributed by atoms with E-state index in [0.29, 0.717) is 36.4 Å². The smallest absolute Gasteiger partial charge is 0.846 e. The normalized spacial score (nSPS) is 12.3. The molecule has 10 N–H and O–H groups in total. The minimum absolute atomic E-state index is 0. The molecule has 2 heterocycles. The van der Waals surface area contributed by atoms with Crippen molar-refractivity contribution in [3.8, 4) is 0 Å². The first kappa shape index (κ1) is 87.2. The van der Waals surface area contributed by atoms with Gasteiger partial charge < -0.3 is 61.2 Å². The van der Waals surface area contributed by atoms with E-state index in [-0.39, 0.29) is 243 Å². The number of hydrogen-bond acceptors (Lipinski definition) is 34. The number of fused-ring (bicyclic) bond motifs is 2. The largest absolute Gasteiger partial charge is 1.00 e. The molecule has 0 unspecified atom stereocenters. The van der Waals surface area contributed by atoms with Gasteiger partial charge in [-0.2, -0.15) is 55.5 Å². The molecule has 0 fully saturated rings. The maximum absolute atomic E-state index is 14.9. The summed E-state index contributed by atoms with van der Waals surface area (Å²) in [5.41, 5.74) is 7.02. The van der Waals surface area contributed by atoms with Crippen LogP contribution in [0.4, 0.5) is 78.1 Å². The zero-order chi connectivity index (χ0) is 65.3. The van der Waals surface area contributed by atoms with Gasteiger partial charge in [0.15, 0.2) is 0 Å². The van der Waals surface area contributed by atoms with Crippen molar-refractivity contribution < 1.29 is 274 Å². The second kappa shape index (κ2) is 34.9. The van der Waals surface area contributed by atoms with Gasteiger partial charge in [0.05, 0.1) is 54.4 Å². The number of aromatic nitrogens is 6. The molecule has 0 radical (unpaired) electrons. The SMILES string of the molecule is NC([O-])=Nc1ccc(N=Nc2cc3c(S(=O)(=O)[O-])cc(S(=O)(=O)[O-])cc3cc2S(=O)(=O)O)c(Nc2nc(F)nc(NCCCNc3nc(F)nc(Nc4cc(N=C(N)[O-])ccc4N=Nc4cc5c(S(=O)(=O)[O-])cc(S(=O)(=O)[O-])cc5cc4S(=O)(=O)O)n3)n2)c1.[Na+].[Na+].[Na+].[Na+].[Na+].[Na+]. The number of nitrogens with two attached hydrogens (primary N) is 2. The standard InChI is InChI=1S/C43H36F2N18O20S6.6Na/c44-36-54-40(58-42(56-36)52-28-12-20(50-38(46)64)2-4-26(28)60-62-30-16-24-18(10-34(30)88(78,79)80)8-22(84(66,67)68)14-32(24)86(72,73)74)48-6-1-7-49-41-55-37(45)57-43(59-41)53-29-13-21(51-39(47)65)3-5-27(29)61-63-31-17-25-19(11-35(31)89(81,82)83)9-23(85(69,70)71)15-33(25)87(75,76)77;;;;;;/h2-5,8-17H,1,6-7H2,(H3,46,50,64)(H3,47,51,65)(H,66,67,68)(H,69,70,71)(H,72,73,74)(H,75,76,77)(H,78,79,80)(H,81,82,83)(H2,48,52,54,56,58)(H2,49,53,55,57,59);;;;;;/q;6*+1/p-6. The summed E-state index contributed by atoms with van der Waals surface area (Å²) in [7, 11) is -32.8. The van der Waals surface area contributed by atoms with Crippen molar-refractivity contribution in [3.05, 3.63) is 97.1 Å². The Hall–Kier alpha value is -3.88. The van der Waals surface area contributed by atoms with Crippen LogP contribution >= 0.6 is 0 Å². The molecule has 38 nitrogen and oxygen atoms in total. The first-order chi connectivity index (χ1) is 41.3. The summed E-state index contributed by atoms with van der Waals surface area (Å²) in [4.78, 5) is 22.0. The van der Waals surface area contributed by atoms with Crippen molar-refractivity contribution in [3.63, 3.8) is 0 Å². The van der Waals surface area contributed by atoms with Gasteiger partial charge in [-0.05, 0) is 102 Å². The van der Waals surface area contributed by atoms with Crippen molar-refractivity contribution in [1.29, 1.82) is 0 Å². The van der Waals surface area contributed by atoms with E-state index in [9.17, 15) is 96.8 Å². The van der Waals surface area contributed by atoms with Gasteiger partial charge in [-0.25, -0.2) is 43.7 Å². The van der Waals surface area contributed by atoms with Crippen LogP contribution in [-0.4, -0.2) is 133 Å². The van der Waals surface area contributed by atoms with Gasteiger partial charge >= 0.3 is 190 Å². The Morgan fingerprint density at radius 1 is 0.432 bits per heavy atom. The predicted octanol–water partition coefficient (Wildman–Crippen LogP) is -16.4. The van der Waals surface area contributed by atoms with Crippen molar-refractivity contribution in [2.24, 2.45) is 41.9 Å². The molecule has 6 aromatic carbocycles. The number of aliphatic imine (C=N–C) groups is 2. The summed E-state index contributed by atoms with van der Waals surface area (Å²) in [6, 6.07) is 7.88. The molecule has 0 saturated heterocycles. The Kier molecular flexibility index (Phi) is 32.1. The molecule has 0 aliphatic carbocycles. The summed E-state index contributed by atoms with van der Waals surface area (Å²) < 4.78 is 244. The summed E-state index contributed by atoms with van der Waals surface area (Å²) in [6.07, 6.45) is -2.76. The maximum Gasteiger partial charge on any atom is 1.00 e. The minimum Gasteiger partial charge on any atom is -0.846 e. The molecule has 0 aliphatic rings. The maximum atomic E-state index is 14.9. The fourth-order valence-corrected chi connectivity index (χ4v) is 11.6. The molecule has 52 heteroatoms. The molecule has 8 aromatic rings. The van der Waals surface area contributed by atoms with Crippen LogP contribution in [0.3, 0.4) is 0 Å². The van der Waals surface area contributed by atoms with E-state index < -0.39 is 171 Å². The second-order valence-corrected chi connectivity index (χ2v) is 25.6. The van der Waals surface area contributed by atoms with Gasteiger partial charge in [0.2, 0.25) is 23.8 Å². The van der Waals surface area contributed by atoms with Crippen molar-refractivity contribution in [1.82, 2.24) is 29.9 Å². The Labute approximate surface area is 667 Å². The molecule has 0 amide bonds. The first-order valence-electron chi connectivity index (χ1n) is 23.3. The Morgan fingerprint density at radius 2 is 0.758 bits per heavy atom. The van der Waals surface area contributed by atoms with Crippen LogP contribution in [0.2, 0.25) is 0 Å². The van der Waals surface area contributed by atoms with Crippen LogP contribution in [0, 0.1) is 12.2 Å². The van der Waals surface area contributed by atoms with E-state index in [0.717, 1.165) is 36.4 Å². The molecule has 468 valence electrons. The molecule has 0 bridgehead atoms. The van der Waals surface area contributed by atoms with Crippen LogP contribution < -0.4 is 220 Å². The molecular weight excluding hydrogens is 1460 g/mol. The monoisotopic (exact) mass is 1490 g/mol. The number of nitrogens with one attached hydrogen (secondary N) is 4. The van der Waals surface area contributed by atoms with E-state index in [1.807, 2.05) is 0 Å². The van der Waals surface area contributed by atoms with Crippen LogP contribution in [0.5, 0.6) is 0 Å². The Bertz CT molecular complexity index is 4820. The van der Waals surface area contributed by atoms with Gasteiger partial charge in [-0.3, -0.25) is 9.11 Å². The first-order valence-corrected chi connectivity index (χ1v) is 31.8. The third-order valence-corrected chi connectivity index (χ3v) is 16.4. The molecule has 0 aliphatic heterocycles. The third-order valence-electron chi connectivity index (χ3n) is 11.2. The number of nitrogens with zero attached hydrogens (tertiary/aromatic N) is 12. The number of azo groups is 2. The van der Waals surface area contributed by atoms with E-state index in [4.69, 9.17) is 11.5 Å². The van der Waals surface area contributed by atoms with Crippen LogP contribution in [0.25, 0.3) is 21.5 Å². The van der Waals surface area contributed by atoms with Gasteiger partial charge in [0.1, 0.15) is 73.0 Å². The van der Waals surface area contributed by atoms with Gasteiger partial charge in [0.25, 0.3) is 20.2 Å². The summed E-state index contributed by atoms with van der Waals surface area (Å²) in [5.74, 6) is -2.07. The van der Waals surface area contributed by atoms with E-state index in [1.54, 1.807) is 0 Å². The van der Waals surface area contributed by atoms with Crippen LogP contribution in [0.15, 0.2) is 145 Å². The molecule has 0 spiro atoms. The topological polar surface area (TPSA) is 635 Å². The molecule has 95 heavy (non-hydrogen) atoms. The number of hydrogen-bond donors (Lipinski definition) is 8. The van der Waals surface area contributed by atoms with Gasteiger partial charge in [0, 0.05) is 23.9 Å². The number of anilines is 6. The van der Waals surface area contributed by atoms with Gasteiger partial charge in [-0.1, -0.05) is 0 Å². The molecule has 0 saturated carbocycles. The third kappa shape index (κ3) is 23.6. The fourth-order valence-electron chi connectivity index (χ4n) is 7.64. The average molecular weight is 1490 g/mol. The number of halogens is 2. The van der Waals surface area contributed by atoms with E-state index in [2.05, 4.69) is 81.6 Å². The minimum atomic E-state index is -5.60. The quantitative estimate of drug-likeness (QED) is 0.00780. The molecule has 8 rings (SSSR count). The summed E-state index contributed by atoms with van der Waals surface area (Å²) >= 11 is 0. The Morgan fingerprint density at radius 3 is 1.06 bits per heavy atom. The molecular formula is C43H30F2N18Na6O20S6. The second-order valence-electron chi connectivity index (χ2n) is 17.4. The predicted molar refractivity (Wildman–Crippen MR) is 291 cm³/mol. The Balaban J connectivity index is 0.00000512. The van der Waals surface area contributed by atoms with Gasteiger partial charge in [-0.15, -0.1) is 20.5 Å². The van der Waals surface area contributed by atoms with Crippen LogP contribution in [-0.2, 0) is 60.7 Å². The molecule has 2 aromatic heterocycles. The molecule has 0 atom stereocenters. The van der Waals surface area contributed by atoms with Crippen molar-refractivity contribution >= 4 is 164 Å². The number of amidine groups is 2. The van der Waals surface area contributed by atoms with Crippen molar-refractivity contribution in [2.75, 3.05) is 34.4 Å². The average Bonchev–Trinajstić information content (AvgIpc) is 0.760. The summed E-state index contributed by atoms with van der Waals surface area (Å²) in [6.45, 7) is -0.214. The van der Waals surface area contributed by atoms with E-state index >= 15 is 0 Å².